The zero-order chi connectivity index (χ0) is 24.8. The molecule has 180 valence electrons. The van der Waals surface area contributed by atoms with Crippen LogP contribution in [0, 0.1) is 29.2 Å². The number of aromatic nitrogens is 1. The van der Waals surface area contributed by atoms with E-state index in [0.29, 0.717) is 0 Å². The number of nitrogens with two attached hydrogens (primary N) is 1. The second-order valence-corrected chi connectivity index (χ2v) is 7.45. The number of nitrogens with zero attached hydrogens (tertiary/aromatic N) is 1. The summed E-state index contributed by atoms with van der Waals surface area (Å²) < 4.78 is 69.0. The number of hydrogen-bond donors (Lipinski definition) is 2. The van der Waals surface area contributed by atoms with E-state index < -0.39 is 45.9 Å². The maximum atomic E-state index is 15.2. The number of carbonyl (C=O) groups is 1. The van der Waals surface area contributed by atoms with Gasteiger partial charge in [0.1, 0.15) is 40.5 Å². The third kappa shape index (κ3) is 5.40. The van der Waals surface area contributed by atoms with Gasteiger partial charge < -0.3 is 20.5 Å². The van der Waals surface area contributed by atoms with Gasteiger partial charge in [-0.25, -0.2) is 17.6 Å². The fourth-order valence-corrected chi connectivity index (χ4v) is 3.25. The Morgan fingerprint density at radius 2 is 1.82 bits per heavy atom. The number of anilines is 1. The third-order valence-corrected chi connectivity index (χ3v) is 5.33. The van der Waals surface area contributed by atoms with Crippen LogP contribution in [0.2, 0.25) is 0 Å². The molecule has 0 saturated carbocycles. The van der Waals surface area contributed by atoms with E-state index in [9.17, 15) is 18.0 Å². The molecule has 3 aromatic rings. The summed E-state index contributed by atoms with van der Waals surface area (Å²) in [6.07, 6.45) is 2.67. The number of ether oxygens (including phenoxy) is 2. The molecule has 1 amide bonds. The van der Waals surface area contributed by atoms with Crippen molar-refractivity contribution in [3.05, 3.63) is 71.6 Å². The number of nitrogens with one attached hydrogen (secondary N) is 1. The molecule has 0 spiro atoms. The van der Waals surface area contributed by atoms with Gasteiger partial charge in [0, 0.05) is 36.2 Å². The first-order valence-electron chi connectivity index (χ1n) is 9.96. The molecule has 3 N–H and O–H groups in total. The van der Waals surface area contributed by atoms with Crippen LogP contribution in [0.25, 0.3) is 11.1 Å². The van der Waals surface area contributed by atoms with E-state index >= 15 is 4.39 Å². The summed E-state index contributed by atoms with van der Waals surface area (Å²) in [5.74, 6) is -6.10. The van der Waals surface area contributed by atoms with Crippen molar-refractivity contribution in [3.63, 3.8) is 0 Å². The molecule has 1 atom stereocenters. The van der Waals surface area contributed by atoms with Gasteiger partial charge in [0.15, 0.2) is 0 Å². The molecule has 6 nitrogen and oxygen atoms in total. The van der Waals surface area contributed by atoms with Crippen molar-refractivity contribution in [2.24, 2.45) is 11.7 Å². The molecule has 0 aliphatic rings. The van der Waals surface area contributed by atoms with Gasteiger partial charge in [-0.05, 0) is 18.7 Å². The van der Waals surface area contributed by atoms with Crippen molar-refractivity contribution >= 4 is 23.2 Å². The molecular formula is C23H20ClF4N3O3. The Bertz CT molecular complexity index is 1170. The van der Waals surface area contributed by atoms with Gasteiger partial charge in [-0.15, -0.1) is 11.6 Å². The van der Waals surface area contributed by atoms with Crippen molar-refractivity contribution in [2.75, 3.05) is 31.5 Å². The van der Waals surface area contributed by atoms with Gasteiger partial charge >= 0.3 is 0 Å². The smallest absolute Gasteiger partial charge is 0.258 e. The third-order valence-electron chi connectivity index (χ3n) is 4.89. The Balaban J connectivity index is 1.94. The number of carbonyl (C=O) groups excluding carboxylic acids is 1. The Labute approximate surface area is 197 Å². The molecule has 0 bridgehead atoms. The lowest BCUT2D eigenvalue weighted by Crippen LogP contribution is -2.23. The minimum Gasteiger partial charge on any atom is -0.497 e. The molecular weight excluding hydrogens is 478 g/mol. The van der Waals surface area contributed by atoms with Crippen LogP contribution in [0.3, 0.4) is 0 Å². The average molecular weight is 498 g/mol. The Kier molecular flexibility index (Phi) is 8.30. The molecule has 11 heteroatoms. The summed E-state index contributed by atoms with van der Waals surface area (Å²) >= 11 is 5.80. The highest BCUT2D eigenvalue weighted by atomic mass is 35.5. The number of alkyl halides is 1. The van der Waals surface area contributed by atoms with Crippen LogP contribution in [0.1, 0.15) is 10.4 Å². The fraction of sp³-hybridized carbons (Fsp3) is 0.217. The lowest BCUT2D eigenvalue weighted by atomic mass is 9.99. The minimum absolute atomic E-state index is 0.0879. The highest BCUT2D eigenvalue weighted by Crippen LogP contribution is 2.35. The Morgan fingerprint density at radius 1 is 1.12 bits per heavy atom. The molecule has 1 aromatic heterocycles. The van der Waals surface area contributed by atoms with Crippen molar-refractivity contribution in [1.29, 1.82) is 0 Å². The predicted molar refractivity (Wildman–Crippen MR) is 119 cm³/mol. The second kappa shape index (κ2) is 11.2. The predicted octanol–water partition coefficient (Wildman–Crippen LogP) is 4.76. The second-order valence-electron chi connectivity index (χ2n) is 7.14. The van der Waals surface area contributed by atoms with E-state index in [4.69, 9.17) is 26.8 Å². The van der Waals surface area contributed by atoms with Gasteiger partial charge in [-0.2, -0.15) is 0 Å². The molecule has 0 radical (unpaired) electrons. The van der Waals surface area contributed by atoms with Gasteiger partial charge in [0.25, 0.3) is 5.91 Å². The molecule has 0 saturated heterocycles. The first kappa shape index (κ1) is 25.3. The highest BCUT2D eigenvalue weighted by Gasteiger charge is 2.26. The molecule has 0 fully saturated rings. The van der Waals surface area contributed by atoms with Gasteiger partial charge in [-0.1, -0.05) is 0 Å². The van der Waals surface area contributed by atoms with Crippen LogP contribution in [0.15, 0.2) is 42.7 Å². The molecule has 3 rings (SSSR count). The lowest BCUT2D eigenvalue weighted by Gasteiger charge is -2.16. The van der Waals surface area contributed by atoms with Crippen LogP contribution in [-0.4, -0.2) is 37.0 Å². The average Bonchev–Trinajstić information content (AvgIpc) is 2.82. The van der Waals surface area contributed by atoms with Crippen LogP contribution in [-0.2, 0) is 0 Å². The van der Waals surface area contributed by atoms with E-state index in [2.05, 4.69) is 10.3 Å². The normalized spacial score (nSPS) is 11.7. The Hall–Kier alpha value is -3.37. The first-order chi connectivity index (χ1) is 16.3. The van der Waals surface area contributed by atoms with Crippen LogP contribution >= 0.6 is 11.6 Å². The van der Waals surface area contributed by atoms with Crippen LogP contribution in [0.5, 0.6) is 11.5 Å². The minimum atomic E-state index is -1.45. The van der Waals surface area contributed by atoms with E-state index in [1.165, 1.54) is 25.6 Å². The summed E-state index contributed by atoms with van der Waals surface area (Å²) in [5.41, 5.74) is 3.03. The summed E-state index contributed by atoms with van der Waals surface area (Å²) in [4.78, 5) is 16.7. The number of methoxy groups -OCH3 is 1. The fourth-order valence-electron chi connectivity index (χ4n) is 3.04. The van der Waals surface area contributed by atoms with Crippen LogP contribution < -0.4 is 20.5 Å². The maximum Gasteiger partial charge on any atom is 0.258 e. The number of benzene rings is 2. The highest BCUT2D eigenvalue weighted by molar-refractivity contribution is 6.18. The summed E-state index contributed by atoms with van der Waals surface area (Å²) in [6.45, 7) is 0.427. The SMILES string of the molecule is COc1cc(F)c(-c2c(F)ccc(C(=O)Nc3cnccc3OCC(CN)CCl)c2F)c(F)c1. The first-order valence-corrected chi connectivity index (χ1v) is 10.5. The molecule has 0 aliphatic carbocycles. The Morgan fingerprint density at radius 3 is 2.44 bits per heavy atom. The number of amides is 1. The maximum absolute atomic E-state index is 15.2. The zero-order valence-electron chi connectivity index (χ0n) is 17.9. The van der Waals surface area contributed by atoms with Crippen molar-refractivity contribution in [1.82, 2.24) is 4.98 Å². The van der Waals surface area contributed by atoms with Gasteiger partial charge in [0.2, 0.25) is 0 Å². The van der Waals surface area contributed by atoms with Crippen LogP contribution in [0.4, 0.5) is 23.2 Å². The molecule has 34 heavy (non-hydrogen) atoms. The number of halogens is 5. The van der Waals surface area contributed by atoms with E-state index in [-0.39, 0.29) is 42.1 Å². The summed E-state index contributed by atoms with van der Waals surface area (Å²) in [5, 5.41) is 2.41. The molecule has 1 heterocycles. The number of hydrogen-bond acceptors (Lipinski definition) is 5. The monoisotopic (exact) mass is 497 g/mol. The summed E-state index contributed by atoms with van der Waals surface area (Å²) in [6, 6.07) is 4.62. The van der Waals surface area contributed by atoms with Gasteiger partial charge in [0.05, 0.1) is 36.6 Å². The molecule has 0 aliphatic heterocycles. The largest absolute Gasteiger partial charge is 0.497 e. The standard InChI is InChI=1S/C23H20ClF4N3O3/c1-33-13-6-16(26)20(17(27)7-13)21-15(25)3-2-14(22(21)28)23(32)31-18-10-30-5-4-19(18)34-11-12(8-24)9-29/h2-7,10,12H,8-9,11,29H2,1H3,(H,31,32). The van der Waals surface area contributed by atoms with Crippen molar-refractivity contribution < 1.29 is 31.8 Å². The number of pyridine rings is 1. The van der Waals surface area contributed by atoms with Crippen molar-refractivity contribution in [2.45, 2.75) is 0 Å². The summed E-state index contributed by atoms with van der Waals surface area (Å²) in [7, 11) is 1.18. The van der Waals surface area contributed by atoms with E-state index in [0.717, 1.165) is 24.3 Å². The van der Waals surface area contributed by atoms with Gasteiger partial charge in [-0.3, -0.25) is 9.78 Å². The quantitative estimate of drug-likeness (QED) is 0.329. The van der Waals surface area contributed by atoms with E-state index in [1.807, 2.05) is 0 Å². The lowest BCUT2D eigenvalue weighted by molar-refractivity contribution is 0.102. The van der Waals surface area contributed by atoms with Crippen molar-refractivity contribution in [3.8, 4) is 22.6 Å². The zero-order valence-corrected chi connectivity index (χ0v) is 18.6. The molecule has 2 aromatic carbocycles. The molecule has 1 unspecified atom stereocenters. The topological polar surface area (TPSA) is 86.5 Å². The number of rotatable bonds is 9. The van der Waals surface area contributed by atoms with E-state index in [1.54, 1.807) is 0 Å².